The quantitative estimate of drug-likeness (QED) is 0.352. The van der Waals surface area contributed by atoms with Gasteiger partial charge in [0.1, 0.15) is 11.4 Å². The van der Waals surface area contributed by atoms with Gasteiger partial charge in [0.25, 0.3) is 0 Å². The van der Waals surface area contributed by atoms with E-state index < -0.39 is 0 Å². The normalized spacial score (nSPS) is 10.7. The van der Waals surface area contributed by atoms with Gasteiger partial charge in [0, 0.05) is 16.7 Å². The minimum atomic E-state index is 0.828. The standard InChI is InChI=1S/C27H19N3/c1-4-12-20(13-5-1)23-18-10-11-19-24(23)27-25(21-14-6-2-7-15-21)26(28-30-29-27)22-16-8-3-9-17-22/h1-19H. The fraction of sp³-hybridized carbons (Fsp3) is 0. The summed E-state index contributed by atoms with van der Waals surface area (Å²) in [6, 6.07) is 39.2. The van der Waals surface area contributed by atoms with E-state index in [-0.39, 0.29) is 0 Å². The monoisotopic (exact) mass is 385 g/mol. The smallest absolute Gasteiger partial charge is 0.105 e. The lowest BCUT2D eigenvalue weighted by Gasteiger charge is -2.15. The summed E-state index contributed by atoms with van der Waals surface area (Å²) in [5.74, 6) is 0. The van der Waals surface area contributed by atoms with Crippen molar-refractivity contribution < 1.29 is 0 Å². The van der Waals surface area contributed by atoms with E-state index in [9.17, 15) is 0 Å². The Morgan fingerprint density at radius 2 is 0.833 bits per heavy atom. The van der Waals surface area contributed by atoms with Gasteiger partial charge in [-0.2, -0.15) is 0 Å². The predicted molar refractivity (Wildman–Crippen MR) is 122 cm³/mol. The van der Waals surface area contributed by atoms with Crippen LogP contribution in [0.25, 0.3) is 44.8 Å². The molecule has 0 saturated carbocycles. The molecule has 30 heavy (non-hydrogen) atoms. The van der Waals surface area contributed by atoms with Gasteiger partial charge in [-0.25, -0.2) is 0 Å². The molecule has 3 heteroatoms. The van der Waals surface area contributed by atoms with Gasteiger partial charge in [-0.3, -0.25) is 0 Å². The van der Waals surface area contributed by atoms with Crippen LogP contribution in [0, 0.1) is 0 Å². The summed E-state index contributed by atoms with van der Waals surface area (Å²) in [7, 11) is 0. The third kappa shape index (κ3) is 3.38. The molecule has 4 aromatic carbocycles. The molecule has 0 fully saturated rings. The Morgan fingerprint density at radius 1 is 0.367 bits per heavy atom. The van der Waals surface area contributed by atoms with Gasteiger partial charge in [0.2, 0.25) is 0 Å². The Kier molecular flexibility index (Phi) is 4.84. The van der Waals surface area contributed by atoms with Crippen LogP contribution in [0.15, 0.2) is 115 Å². The minimum Gasteiger partial charge on any atom is -0.129 e. The number of hydrogen-bond donors (Lipinski definition) is 0. The Hall–Kier alpha value is -4.11. The summed E-state index contributed by atoms with van der Waals surface area (Å²) in [5.41, 5.74) is 8.03. The van der Waals surface area contributed by atoms with Crippen molar-refractivity contribution in [3.8, 4) is 44.8 Å². The first kappa shape index (κ1) is 18.0. The molecule has 0 spiro atoms. The van der Waals surface area contributed by atoms with E-state index in [0.29, 0.717) is 0 Å². The second-order valence-electron chi connectivity index (χ2n) is 7.01. The van der Waals surface area contributed by atoms with Crippen molar-refractivity contribution >= 4 is 0 Å². The highest BCUT2D eigenvalue weighted by Crippen LogP contribution is 2.40. The third-order valence-electron chi connectivity index (χ3n) is 5.14. The van der Waals surface area contributed by atoms with E-state index in [2.05, 4.69) is 82.1 Å². The zero-order valence-corrected chi connectivity index (χ0v) is 16.3. The highest BCUT2D eigenvalue weighted by Gasteiger charge is 2.19. The molecular weight excluding hydrogens is 366 g/mol. The van der Waals surface area contributed by atoms with Crippen molar-refractivity contribution in [2.45, 2.75) is 0 Å². The second-order valence-corrected chi connectivity index (χ2v) is 7.01. The van der Waals surface area contributed by atoms with E-state index >= 15 is 0 Å². The molecule has 142 valence electrons. The van der Waals surface area contributed by atoms with Crippen molar-refractivity contribution in [3.63, 3.8) is 0 Å². The van der Waals surface area contributed by atoms with Crippen LogP contribution in [-0.4, -0.2) is 15.4 Å². The van der Waals surface area contributed by atoms with Gasteiger partial charge in [-0.05, 0) is 21.9 Å². The van der Waals surface area contributed by atoms with Gasteiger partial charge in [0.05, 0.1) is 0 Å². The molecule has 0 aliphatic heterocycles. The summed E-state index contributed by atoms with van der Waals surface area (Å²) in [6.07, 6.45) is 0. The lowest BCUT2D eigenvalue weighted by Crippen LogP contribution is -2.01. The highest BCUT2D eigenvalue weighted by atomic mass is 15.3. The zero-order valence-electron chi connectivity index (χ0n) is 16.3. The van der Waals surface area contributed by atoms with Crippen molar-refractivity contribution in [2.75, 3.05) is 0 Å². The topological polar surface area (TPSA) is 38.7 Å². The fourth-order valence-corrected chi connectivity index (χ4v) is 3.75. The van der Waals surface area contributed by atoms with Crippen LogP contribution in [0.4, 0.5) is 0 Å². The lowest BCUT2D eigenvalue weighted by atomic mass is 9.91. The first-order chi connectivity index (χ1) is 14.9. The van der Waals surface area contributed by atoms with Gasteiger partial charge < -0.3 is 0 Å². The van der Waals surface area contributed by atoms with Gasteiger partial charge in [0.15, 0.2) is 0 Å². The first-order valence-corrected chi connectivity index (χ1v) is 9.91. The summed E-state index contributed by atoms with van der Waals surface area (Å²) >= 11 is 0. The van der Waals surface area contributed by atoms with E-state index in [1.54, 1.807) is 0 Å². The summed E-state index contributed by atoms with van der Waals surface area (Å²) in [5, 5.41) is 13.1. The summed E-state index contributed by atoms with van der Waals surface area (Å²) < 4.78 is 0. The Balaban J connectivity index is 1.81. The predicted octanol–water partition coefficient (Wildman–Crippen LogP) is 6.54. The van der Waals surface area contributed by atoms with Crippen LogP contribution in [0.3, 0.4) is 0 Å². The zero-order chi connectivity index (χ0) is 20.2. The van der Waals surface area contributed by atoms with E-state index in [1.165, 1.54) is 0 Å². The Morgan fingerprint density at radius 3 is 1.47 bits per heavy atom. The van der Waals surface area contributed by atoms with Crippen molar-refractivity contribution in [3.05, 3.63) is 115 Å². The van der Waals surface area contributed by atoms with E-state index in [4.69, 9.17) is 0 Å². The van der Waals surface area contributed by atoms with Crippen molar-refractivity contribution in [1.29, 1.82) is 0 Å². The largest absolute Gasteiger partial charge is 0.129 e. The average Bonchev–Trinajstić information content (AvgIpc) is 2.85. The van der Waals surface area contributed by atoms with Crippen LogP contribution in [0.5, 0.6) is 0 Å². The molecular formula is C27H19N3. The molecule has 1 aromatic heterocycles. The number of benzene rings is 4. The molecule has 1 heterocycles. The Labute approximate surface area is 175 Å². The van der Waals surface area contributed by atoms with E-state index in [0.717, 1.165) is 44.8 Å². The molecule has 5 aromatic rings. The van der Waals surface area contributed by atoms with Crippen LogP contribution in [0.1, 0.15) is 0 Å². The maximum Gasteiger partial charge on any atom is 0.105 e. The number of hydrogen-bond acceptors (Lipinski definition) is 3. The molecule has 0 radical (unpaired) electrons. The second kappa shape index (κ2) is 8.10. The Bertz CT molecular complexity index is 1270. The van der Waals surface area contributed by atoms with Crippen LogP contribution >= 0.6 is 0 Å². The molecule has 0 unspecified atom stereocenters. The molecule has 5 rings (SSSR count). The molecule has 3 nitrogen and oxygen atoms in total. The average molecular weight is 385 g/mol. The van der Waals surface area contributed by atoms with Crippen molar-refractivity contribution in [1.82, 2.24) is 15.4 Å². The van der Waals surface area contributed by atoms with Gasteiger partial charge in [-0.15, -0.1) is 10.2 Å². The maximum absolute atomic E-state index is 4.54. The number of aromatic nitrogens is 3. The SMILES string of the molecule is c1ccc(-c2ccccc2-c2nnnc(-c3ccccc3)c2-c2ccccc2)cc1. The van der Waals surface area contributed by atoms with Crippen LogP contribution < -0.4 is 0 Å². The fourth-order valence-electron chi connectivity index (χ4n) is 3.75. The summed E-state index contributed by atoms with van der Waals surface area (Å²) in [4.78, 5) is 0. The molecule has 0 atom stereocenters. The minimum absolute atomic E-state index is 0.828. The van der Waals surface area contributed by atoms with Crippen molar-refractivity contribution in [2.24, 2.45) is 0 Å². The highest BCUT2D eigenvalue weighted by molar-refractivity contribution is 5.94. The maximum atomic E-state index is 4.54. The molecule has 0 aliphatic rings. The van der Waals surface area contributed by atoms with Crippen LogP contribution in [-0.2, 0) is 0 Å². The van der Waals surface area contributed by atoms with Gasteiger partial charge >= 0.3 is 0 Å². The molecule has 0 amide bonds. The van der Waals surface area contributed by atoms with Crippen LogP contribution in [0.2, 0.25) is 0 Å². The molecule has 0 N–H and O–H groups in total. The summed E-state index contributed by atoms with van der Waals surface area (Å²) in [6.45, 7) is 0. The first-order valence-electron chi connectivity index (χ1n) is 9.91. The molecule has 0 bridgehead atoms. The molecule has 0 aliphatic carbocycles. The molecule has 0 saturated heterocycles. The number of rotatable bonds is 4. The van der Waals surface area contributed by atoms with Gasteiger partial charge in [-0.1, -0.05) is 115 Å². The lowest BCUT2D eigenvalue weighted by molar-refractivity contribution is 0.879. The number of nitrogens with zero attached hydrogens (tertiary/aromatic N) is 3. The third-order valence-corrected chi connectivity index (χ3v) is 5.14. The van der Waals surface area contributed by atoms with E-state index in [1.807, 2.05) is 48.5 Å².